The molecular formula is C36H23N3. The van der Waals surface area contributed by atoms with Crippen LogP contribution in [0.1, 0.15) is 0 Å². The van der Waals surface area contributed by atoms with Crippen molar-refractivity contribution in [1.82, 2.24) is 14.5 Å². The van der Waals surface area contributed by atoms with Crippen LogP contribution >= 0.6 is 0 Å². The summed E-state index contributed by atoms with van der Waals surface area (Å²) in [5.41, 5.74) is 8.20. The van der Waals surface area contributed by atoms with Crippen LogP contribution in [0.4, 0.5) is 0 Å². The van der Waals surface area contributed by atoms with E-state index in [1.807, 2.05) is 12.1 Å². The molecule has 0 aliphatic carbocycles. The highest BCUT2D eigenvalue weighted by Crippen LogP contribution is 2.37. The number of aromatic nitrogens is 3. The van der Waals surface area contributed by atoms with E-state index < -0.39 is 0 Å². The largest absolute Gasteiger partial charge is 0.292 e. The van der Waals surface area contributed by atoms with Crippen molar-refractivity contribution in [3.05, 3.63) is 140 Å². The first-order chi connectivity index (χ1) is 19.3. The third-order valence-corrected chi connectivity index (χ3v) is 7.55. The van der Waals surface area contributed by atoms with E-state index in [-0.39, 0.29) is 0 Å². The molecule has 2 aromatic heterocycles. The van der Waals surface area contributed by atoms with Gasteiger partial charge >= 0.3 is 0 Å². The van der Waals surface area contributed by atoms with Crippen LogP contribution in [0.25, 0.3) is 71.8 Å². The van der Waals surface area contributed by atoms with Crippen LogP contribution in [0.2, 0.25) is 0 Å². The maximum atomic E-state index is 5.31. The molecule has 0 radical (unpaired) electrons. The molecule has 3 heteroatoms. The second kappa shape index (κ2) is 8.64. The van der Waals surface area contributed by atoms with E-state index in [2.05, 4.69) is 132 Å². The molecule has 0 saturated heterocycles. The van der Waals surface area contributed by atoms with Crippen LogP contribution in [0.5, 0.6) is 0 Å². The Morgan fingerprint density at radius 1 is 0.410 bits per heavy atom. The first-order valence-corrected chi connectivity index (χ1v) is 13.2. The molecule has 0 saturated carbocycles. The van der Waals surface area contributed by atoms with Gasteiger partial charge in [0.1, 0.15) is 5.69 Å². The molecule has 8 aromatic rings. The summed E-state index contributed by atoms with van der Waals surface area (Å²) in [6.07, 6.45) is 0. The van der Waals surface area contributed by atoms with Crippen molar-refractivity contribution in [2.45, 2.75) is 0 Å². The van der Waals surface area contributed by atoms with E-state index in [9.17, 15) is 0 Å². The number of hydrogen-bond donors (Lipinski definition) is 0. The monoisotopic (exact) mass is 497 g/mol. The predicted octanol–water partition coefficient (Wildman–Crippen LogP) is 9.21. The minimum Gasteiger partial charge on any atom is -0.292 e. The highest BCUT2D eigenvalue weighted by atomic mass is 15.1. The van der Waals surface area contributed by atoms with Gasteiger partial charge in [-0.2, -0.15) is 0 Å². The van der Waals surface area contributed by atoms with Gasteiger partial charge in [-0.1, -0.05) is 109 Å². The first-order valence-electron chi connectivity index (χ1n) is 13.2. The third-order valence-electron chi connectivity index (χ3n) is 7.55. The van der Waals surface area contributed by atoms with Gasteiger partial charge in [-0.3, -0.25) is 4.57 Å². The Kier molecular flexibility index (Phi) is 4.82. The predicted molar refractivity (Wildman–Crippen MR) is 162 cm³/mol. The van der Waals surface area contributed by atoms with Crippen molar-refractivity contribution in [2.75, 3.05) is 0 Å². The molecule has 0 atom stereocenters. The SMILES string of the molecule is c1ccc(-c2ccc3nc(-n4c5ccccc5c5cc6ccccc6cc54)c(-c4ccccc4)nc3c2)cc1. The van der Waals surface area contributed by atoms with Crippen molar-refractivity contribution >= 4 is 43.6 Å². The number of rotatable bonds is 3. The minimum atomic E-state index is 0.836. The van der Waals surface area contributed by atoms with Gasteiger partial charge in [0.05, 0.1) is 22.1 Å². The average Bonchev–Trinajstić information content (AvgIpc) is 3.33. The van der Waals surface area contributed by atoms with Crippen LogP contribution < -0.4 is 0 Å². The lowest BCUT2D eigenvalue weighted by Gasteiger charge is -2.14. The number of benzene rings is 6. The fraction of sp³-hybridized carbons (Fsp3) is 0. The van der Waals surface area contributed by atoms with Crippen LogP contribution in [0.15, 0.2) is 140 Å². The van der Waals surface area contributed by atoms with Gasteiger partial charge in [-0.15, -0.1) is 0 Å². The zero-order valence-corrected chi connectivity index (χ0v) is 21.1. The van der Waals surface area contributed by atoms with Crippen molar-refractivity contribution in [3.8, 4) is 28.2 Å². The molecule has 0 aliphatic heterocycles. The van der Waals surface area contributed by atoms with Gasteiger partial charge < -0.3 is 0 Å². The first kappa shape index (κ1) is 21.8. The van der Waals surface area contributed by atoms with Crippen molar-refractivity contribution in [3.63, 3.8) is 0 Å². The standard InChI is InChI=1S/C36H23N3/c1-3-11-24(12-4-1)28-19-20-31-32(22-28)37-35(25-13-5-2-6-14-25)36(38-31)39-33-18-10-9-17-29(33)30-21-26-15-7-8-16-27(26)23-34(30)39/h1-23H. The Morgan fingerprint density at radius 2 is 1.08 bits per heavy atom. The fourth-order valence-corrected chi connectivity index (χ4v) is 5.68. The Hall–Kier alpha value is -5.28. The smallest absolute Gasteiger partial charge is 0.165 e. The summed E-state index contributed by atoms with van der Waals surface area (Å²) in [7, 11) is 0. The lowest BCUT2D eigenvalue weighted by atomic mass is 10.0. The van der Waals surface area contributed by atoms with E-state index in [1.165, 1.54) is 27.1 Å². The molecule has 0 spiro atoms. The number of nitrogens with zero attached hydrogens (tertiary/aromatic N) is 3. The zero-order chi connectivity index (χ0) is 25.8. The highest BCUT2D eigenvalue weighted by Gasteiger charge is 2.19. The molecule has 0 N–H and O–H groups in total. The summed E-state index contributed by atoms with van der Waals surface area (Å²) < 4.78 is 2.29. The number of fused-ring (bicyclic) bond motifs is 5. The number of para-hydroxylation sites is 1. The normalized spacial score (nSPS) is 11.6. The van der Waals surface area contributed by atoms with Crippen LogP contribution in [0, 0.1) is 0 Å². The summed E-state index contributed by atoms with van der Waals surface area (Å²) >= 11 is 0. The average molecular weight is 498 g/mol. The van der Waals surface area contributed by atoms with Gasteiger partial charge in [0.15, 0.2) is 5.82 Å². The summed E-state index contributed by atoms with van der Waals surface area (Å²) in [4.78, 5) is 10.6. The summed E-state index contributed by atoms with van der Waals surface area (Å²) in [6, 6.07) is 48.9. The molecule has 0 amide bonds. The fourth-order valence-electron chi connectivity index (χ4n) is 5.68. The van der Waals surface area contributed by atoms with E-state index in [0.29, 0.717) is 0 Å². The molecule has 39 heavy (non-hydrogen) atoms. The van der Waals surface area contributed by atoms with Crippen LogP contribution in [0.3, 0.4) is 0 Å². The van der Waals surface area contributed by atoms with Crippen molar-refractivity contribution in [1.29, 1.82) is 0 Å². The van der Waals surface area contributed by atoms with E-state index in [4.69, 9.17) is 9.97 Å². The molecule has 2 heterocycles. The van der Waals surface area contributed by atoms with Crippen LogP contribution in [-0.4, -0.2) is 14.5 Å². The van der Waals surface area contributed by atoms with E-state index in [0.717, 1.165) is 44.7 Å². The Labute approximate surface area is 225 Å². The summed E-state index contributed by atoms with van der Waals surface area (Å²) in [5.74, 6) is 0.836. The van der Waals surface area contributed by atoms with Gasteiger partial charge in [0.2, 0.25) is 0 Å². The van der Waals surface area contributed by atoms with Gasteiger partial charge in [-0.25, -0.2) is 9.97 Å². The van der Waals surface area contributed by atoms with Crippen molar-refractivity contribution < 1.29 is 0 Å². The topological polar surface area (TPSA) is 30.7 Å². The summed E-state index contributed by atoms with van der Waals surface area (Å²) in [6.45, 7) is 0. The maximum Gasteiger partial charge on any atom is 0.165 e. The Balaban J connectivity index is 1.48. The van der Waals surface area contributed by atoms with Gasteiger partial charge in [0.25, 0.3) is 0 Å². The molecule has 0 bridgehead atoms. The minimum absolute atomic E-state index is 0.836. The molecule has 8 rings (SSSR count). The summed E-state index contributed by atoms with van der Waals surface area (Å²) in [5, 5.41) is 4.86. The Morgan fingerprint density at radius 3 is 1.87 bits per heavy atom. The van der Waals surface area contributed by atoms with Gasteiger partial charge in [0, 0.05) is 16.3 Å². The molecule has 0 aliphatic rings. The lowest BCUT2D eigenvalue weighted by molar-refractivity contribution is 1.08. The van der Waals surface area contributed by atoms with Crippen LogP contribution in [-0.2, 0) is 0 Å². The third kappa shape index (κ3) is 3.52. The molecular weight excluding hydrogens is 474 g/mol. The van der Waals surface area contributed by atoms with E-state index in [1.54, 1.807) is 0 Å². The maximum absolute atomic E-state index is 5.31. The molecule has 3 nitrogen and oxygen atoms in total. The molecule has 0 unspecified atom stereocenters. The Bertz CT molecular complexity index is 2160. The highest BCUT2D eigenvalue weighted by molar-refractivity contribution is 6.13. The van der Waals surface area contributed by atoms with E-state index >= 15 is 0 Å². The lowest BCUT2D eigenvalue weighted by Crippen LogP contribution is -2.03. The quantitative estimate of drug-likeness (QED) is 0.244. The van der Waals surface area contributed by atoms with Gasteiger partial charge in [-0.05, 0) is 52.2 Å². The molecule has 6 aromatic carbocycles. The second-order valence-corrected chi connectivity index (χ2v) is 9.90. The second-order valence-electron chi connectivity index (χ2n) is 9.90. The number of hydrogen-bond acceptors (Lipinski definition) is 2. The van der Waals surface area contributed by atoms with Crippen molar-refractivity contribution in [2.24, 2.45) is 0 Å². The molecule has 0 fully saturated rings. The molecule has 182 valence electrons. The zero-order valence-electron chi connectivity index (χ0n) is 21.1.